The van der Waals surface area contributed by atoms with Gasteiger partial charge in [-0.2, -0.15) is 18.2 Å². The quantitative estimate of drug-likeness (QED) is 0.413. The number of hydrogen-bond donors (Lipinski definition) is 0. The average molecular weight is 406 g/mol. The summed E-state index contributed by atoms with van der Waals surface area (Å²) in [7, 11) is 0. The van der Waals surface area contributed by atoms with E-state index in [4.69, 9.17) is 4.74 Å². The number of alkyl halides is 3. The van der Waals surface area contributed by atoms with Crippen LogP contribution in [0.15, 0.2) is 91.0 Å². The second-order valence-electron chi connectivity index (χ2n) is 7.20. The number of aromatic nitrogens is 2. The van der Waals surface area contributed by atoms with E-state index in [2.05, 4.69) is 4.98 Å². The minimum absolute atomic E-state index is 0.0334. The van der Waals surface area contributed by atoms with Crippen LogP contribution in [0.4, 0.5) is 13.2 Å². The average Bonchev–Trinajstić information content (AvgIpc) is 3.31. The Hall–Kier alpha value is -3.54. The van der Waals surface area contributed by atoms with Gasteiger partial charge in [-0.3, -0.25) is 4.57 Å². The molecule has 3 nitrogen and oxygen atoms in total. The van der Waals surface area contributed by atoms with E-state index in [0.29, 0.717) is 11.4 Å². The molecule has 3 aromatic carbocycles. The first kappa shape index (κ1) is 18.5. The Balaban J connectivity index is 1.71. The maximum atomic E-state index is 14.3. The van der Waals surface area contributed by atoms with Crippen molar-refractivity contribution in [2.45, 2.75) is 18.3 Å². The van der Waals surface area contributed by atoms with Gasteiger partial charge in [-0.1, -0.05) is 91.0 Å². The molecule has 0 spiro atoms. The zero-order valence-electron chi connectivity index (χ0n) is 15.8. The molecule has 1 aliphatic rings. The fraction of sp³-hybridized carbons (Fsp3) is 0.125. The summed E-state index contributed by atoms with van der Waals surface area (Å²) in [5, 5.41) is 0. The lowest BCUT2D eigenvalue weighted by Gasteiger charge is -2.30. The second kappa shape index (κ2) is 6.76. The van der Waals surface area contributed by atoms with E-state index in [9.17, 15) is 13.2 Å². The summed E-state index contributed by atoms with van der Waals surface area (Å²) in [4.78, 5) is 4.51. The third kappa shape index (κ3) is 2.79. The zero-order chi connectivity index (χ0) is 20.8. The van der Waals surface area contributed by atoms with Crippen molar-refractivity contribution in [3.8, 4) is 28.5 Å². The van der Waals surface area contributed by atoms with Crippen LogP contribution in [0.25, 0.3) is 22.5 Å². The molecule has 4 aromatic rings. The molecule has 0 amide bonds. The molecule has 0 aliphatic carbocycles. The van der Waals surface area contributed by atoms with Crippen LogP contribution in [0.3, 0.4) is 0 Å². The molecule has 150 valence electrons. The Morgan fingerprint density at radius 2 is 1.30 bits per heavy atom. The van der Waals surface area contributed by atoms with Gasteiger partial charge in [-0.05, 0) is 0 Å². The van der Waals surface area contributed by atoms with Crippen molar-refractivity contribution in [3.63, 3.8) is 0 Å². The highest BCUT2D eigenvalue weighted by Gasteiger charge is 2.63. The van der Waals surface area contributed by atoms with Crippen LogP contribution in [0.2, 0.25) is 0 Å². The van der Waals surface area contributed by atoms with E-state index >= 15 is 0 Å². The topological polar surface area (TPSA) is 27.1 Å². The van der Waals surface area contributed by atoms with Crippen molar-refractivity contribution >= 4 is 0 Å². The van der Waals surface area contributed by atoms with Crippen molar-refractivity contribution in [2.75, 3.05) is 0 Å². The van der Waals surface area contributed by atoms with Gasteiger partial charge in [-0.15, -0.1) is 0 Å². The lowest BCUT2D eigenvalue weighted by Crippen LogP contribution is -2.47. The number of hydrogen-bond acceptors (Lipinski definition) is 2. The highest BCUT2D eigenvalue weighted by atomic mass is 19.4. The third-order valence-corrected chi connectivity index (χ3v) is 5.37. The predicted octanol–water partition coefficient (Wildman–Crippen LogP) is 6.07. The zero-order valence-corrected chi connectivity index (χ0v) is 15.8. The smallest absolute Gasteiger partial charge is 0.434 e. The van der Waals surface area contributed by atoms with Gasteiger partial charge in [0.15, 0.2) is 0 Å². The molecular weight excluding hydrogens is 389 g/mol. The molecule has 1 aromatic heterocycles. The monoisotopic (exact) mass is 406 g/mol. The van der Waals surface area contributed by atoms with Crippen LogP contribution in [-0.2, 0) is 12.1 Å². The van der Waals surface area contributed by atoms with E-state index in [1.807, 2.05) is 60.7 Å². The molecule has 0 radical (unpaired) electrons. The first-order valence-electron chi connectivity index (χ1n) is 9.52. The summed E-state index contributed by atoms with van der Waals surface area (Å²) >= 11 is 0. The maximum Gasteiger partial charge on any atom is 0.434 e. The maximum absolute atomic E-state index is 14.3. The molecule has 0 saturated heterocycles. The first-order chi connectivity index (χ1) is 14.5. The molecule has 0 bridgehead atoms. The number of halogens is 3. The SMILES string of the molecule is FC(F)(F)C1(c2ccccc2)Cn2c(nc(-c3ccccc3)c2-c2ccccc2)O1. The number of nitrogens with zero attached hydrogens (tertiary/aromatic N) is 2. The number of benzene rings is 3. The van der Waals surface area contributed by atoms with Crippen LogP contribution < -0.4 is 4.74 Å². The van der Waals surface area contributed by atoms with Crippen molar-refractivity contribution in [1.82, 2.24) is 9.55 Å². The van der Waals surface area contributed by atoms with Crippen LogP contribution in [0.5, 0.6) is 6.01 Å². The summed E-state index contributed by atoms with van der Waals surface area (Å²) in [6, 6.07) is 26.4. The van der Waals surface area contributed by atoms with E-state index in [0.717, 1.165) is 11.1 Å². The Kier molecular flexibility index (Phi) is 4.17. The van der Waals surface area contributed by atoms with Gasteiger partial charge in [0.1, 0.15) is 5.69 Å². The second-order valence-corrected chi connectivity index (χ2v) is 7.20. The standard InChI is InChI=1S/C24H17F3N2O/c25-24(26,27)23(19-14-8-3-9-15-19)16-29-21(18-12-6-2-7-13-18)20(28-22(29)30-23)17-10-4-1-5-11-17/h1-15H,16H2. The van der Waals surface area contributed by atoms with Gasteiger partial charge >= 0.3 is 6.18 Å². The van der Waals surface area contributed by atoms with Crippen LogP contribution in [-0.4, -0.2) is 15.7 Å². The summed E-state index contributed by atoms with van der Waals surface area (Å²) in [6.07, 6.45) is -4.62. The van der Waals surface area contributed by atoms with Crippen LogP contribution in [0.1, 0.15) is 5.56 Å². The number of ether oxygens (including phenoxy) is 1. The molecule has 30 heavy (non-hydrogen) atoms. The Labute approximate surface area is 171 Å². The van der Waals surface area contributed by atoms with Crippen LogP contribution in [0, 0.1) is 0 Å². The summed E-state index contributed by atoms with van der Waals surface area (Å²) in [5.74, 6) is 0. The highest BCUT2D eigenvalue weighted by molar-refractivity contribution is 5.80. The lowest BCUT2D eigenvalue weighted by atomic mass is 9.92. The molecule has 1 unspecified atom stereocenters. The summed E-state index contributed by atoms with van der Waals surface area (Å²) in [5.41, 5.74) is 0.390. The van der Waals surface area contributed by atoms with Gasteiger partial charge < -0.3 is 4.74 Å². The predicted molar refractivity (Wildman–Crippen MR) is 108 cm³/mol. The molecule has 2 heterocycles. The van der Waals surface area contributed by atoms with Crippen molar-refractivity contribution in [3.05, 3.63) is 96.6 Å². The molecule has 0 saturated carbocycles. The molecule has 5 rings (SSSR count). The number of fused-ring (bicyclic) bond motifs is 1. The number of imidazole rings is 1. The first-order valence-corrected chi connectivity index (χ1v) is 9.52. The minimum atomic E-state index is -4.62. The van der Waals surface area contributed by atoms with Gasteiger partial charge in [0.25, 0.3) is 6.01 Å². The largest absolute Gasteiger partial charge is 0.441 e. The van der Waals surface area contributed by atoms with Gasteiger partial charge in [-0.25, -0.2) is 0 Å². The van der Waals surface area contributed by atoms with Crippen molar-refractivity contribution in [1.29, 1.82) is 0 Å². The Morgan fingerprint density at radius 1 is 0.767 bits per heavy atom. The van der Waals surface area contributed by atoms with Crippen LogP contribution >= 0.6 is 0 Å². The summed E-state index contributed by atoms with van der Waals surface area (Å²) < 4.78 is 50.2. The molecule has 1 atom stereocenters. The van der Waals surface area contributed by atoms with Crippen molar-refractivity contribution in [2.24, 2.45) is 0 Å². The molecule has 0 N–H and O–H groups in total. The minimum Gasteiger partial charge on any atom is -0.441 e. The van der Waals surface area contributed by atoms with Gasteiger partial charge in [0.05, 0.1) is 12.2 Å². The molecule has 0 fully saturated rings. The number of rotatable bonds is 3. The Morgan fingerprint density at radius 3 is 1.87 bits per heavy atom. The van der Waals surface area contributed by atoms with E-state index < -0.39 is 18.3 Å². The van der Waals surface area contributed by atoms with E-state index in [1.165, 1.54) is 16.7 Å². The fourth-order valence-corrected chi connectivity index (χ4v) is 3.92. The van der Waals surface area contributed by atoms with E-state index in [1.54, 1.807) is 18.2 Å². The van der Waals surface area contributed by atoms with Crippen molar-refractivity contribution < 1.29 is 17.9 Å². The third-order valence-electron chi connectivity index (χ3n) is 5.37. The fourth-order valence-electron chi connectivity index (χ4n) is 3.92. The molecule has 1 aliphatic heterocycles. The Bertz CT molecular complexity index is 1170. The van der Waals surface area contributed by atoms with Gasteiger partial charge in [0, 0.05) is 16.7 Å². The normalized spacial score (nSPS) is 18.1. The van der Waals surface area contributed by atoms with Gasteiger partial charge in [0.2, 0.25) is 5.60 Å². The molecular formula is C24H17F3N2O. The van der Waals surface area contributed by atoms with E-state index in [-0.39, 0.29) is 11.6 Å². The summed E-state index contributed by atoms with van der Waals surface area (Å²) in [6.45, 7) is -0.403. The highest BCUT2D eigenvalue weighted by Crippen LogP contribution is 2.51. The lowest BCUT2D eigenvalue weighted by molar-refractivity contribution is -0.250. The molecule has 6 heteroatoms.